The van der Waals surface area contributed by atoms with E-state index in [4.69, 9.17) is 4.74 Å². The molecule has 0 aromatic heterocycles. The Morgan fingerprint density at radius 3 is 2.27 bits per heavy atom. The first-order chi connectivity index (χ1) is 17.3. The van der Waals surface area contributed by atoms with Crippen molar-refractivity contribution in [2.45, 2.75) is 70.9 Å². The van der Waals surface area contributed by atoms with Crippen LogP contribution in [-0.2, 0) is 16.0 Å². The van der Waals surface area contributed by atoms with Gasteiger partial charge in [-0.25, -0.2) is 0 Å². The van der Waals surface area contributed by atoms with Gasteiger partial charge in [-0.05, 0) is 61.4 Å². The number of hydrogen-bond donors (Lipinski definition) is 1. The molecule has 2 aromatic carbocycles. The van der Waals surface area contributed by atoms with Crippen LogP contribution in [-0.4, -0.2) is 30.3 Å². The number of halogens is 5. The summed E-state index contributed by atoms with van der Waals surface area (Å²) in [5.41, 5.74) is 0.440. The summed E-state index contributed by atoms with van der Waals surface area (Å²) in [4.78, 5) is 24.0. The molecule has 1 aliphatic carbocycles. The lowest BCUT2D eigenvalue weighted by molar-refractivity contribution is -0.274. The molecule has 2 aromatic rings. The zero-order valence-corrected chi connectivity index (χ0v) is 20.4. The fourth-order valence-electron chi connectivity index (χ4n) is 4.28. The van der Waals surface area contributed by atoms with Crippen LogP contribution in [0.2, 0.25) is 0 Å². The number of nitrogens with one attached hydrogen (secondary N) is 1. The third-order valence-corrected chi connectivity index (χ3v) is 5.70. The van der Waals surface area contributed by atoms with Crippen molar-refractivity contribution in [1.29, 1.82) is 0 Å². The molecule has 0 atom stereocenters. The number of anilines is 1. The van der Waals surface area contributed by atoms with Gasteiger partial charge >= 0.3 is 12.5 Å². The van der Waals surface area contributed by atoms with Crippen LogP contribution >= 0.6 is 0 Å². The Kier molecular flexibility index (Phi) is 8.98. The molecule has 1 saturated carbocycles. The SMILES string of the molecule is CC(=O)Nc1cc(OC2CCC(CC(=O)Cc3cccc(OC(C)(F)F)c3)CC2)ccc1OC(F)(F)F. The lowest BCUT2D eigenvalue weighted by atomic mass is 9.83. The van der Waals surface area contributed by atoms with Gasteiger partial charge in [-0.15, -0.1) is 13.2 Å². The van der Waals surface area contributed by atoms with Crippen molar-refractivity contribution < 1.29 is 45.8 Å². The van der Waals surface area contributed by atoms with Crippen LogP contribution < -0.4 is 19.5 Å². The van der Waals surface area contributed by atoms with E-state index in [1.165, 1.54) is 31.2 Å². The number of carbonyl (C=O) groups is 2. The van der Waals surface area contributed by atoms with Gasteiger partial charge in [0.05, 0.1) is 11.8 Å². The largest absolute Gasteiger partial charge is 0.573 e. The molecule has 0 radical (unpaired) electrons. The first kappa shape index (κ1) is 28.2. The second kappa shape index (κ2) is 11.8. The van der Waals surface area contributed by atoms with Crippen LogP contribution in [0.15, 0.2) is 42.5 Å². The van der Waals surface area contributed by atoms with E-state index in [2.05, 4.69) is 14.8 Å². The molecule has 1 aliphatic rings. The van der Waals surface area contributed by atoms with Crippen LogP contribution in [0, 0.1) is 5.92 Å². The van der Waals surface area contributed by atoms with E-state index >= 15 is 0 Å². The number of amides is 1. The zero-order chi connectivity index (χ0) is 27.2. The molecule has 0 saturated heterocycles. The van der Waals surface area contributed by atoms with Crippen molar-refractivity contribution in [3.8, 4) is 17.2 Å². The molecular formula is C26H28F5NO5. The molecule has 0 bridgehead atoms. The highest BCUT2D eigenvalue weighted by Gasteiger charge is 2.32. The molecule has 1 fully saturated rings. The monoisotopic (exact) mass is 529 g/mol. The number of Topliss-reactive ketones (excluding diaryl/α,β-unsaturated/α-hetero) is 1. The summed E-state index contributed by atoms with van der Waals surface area (Å²) in [6.07, 6.45) is -5.24. The number of ether oxygens (including phenoxy) is 3. The fourth-order valence-corrected chi connectivity index (χ4v) is 4.28. The molecule has 11 heteroatoms. The summed E-state index contributed by atoms with van der Waals surface area (Å²) >= 11 is 0. The highest BCUT2D eigenvalue weighted by molar-refractivity contribution is 5.90. The number of rotatable bonds is 10. The second-order valence-corrected chi connectivity index (χ2v) is 9.12. The zero-order valence-electron chi connectivity index (χ0n) is 20.4. The van der Waals surface area contributed by atoms with Gasteiger partial charge in [-0.1, -0.05) is 12.1 Å². The molecule has 1 amide bonds. The lowest BCUT2D eigenvalue weighted by Crippen LogP contribution is -2.25. The van der Waals surface area contributed by atoms with Gasteiger partial charge in [0, 0.05) is 32.8 Å². The van der Waals surface area contributed by atoms with E-state index in [-0.39, 0.29) is 41.4 Å². The van der Waals surface area contributed by atoms with Crippen molar-refractivity contribution in [2.75, 3.05) is 5.32 Å². The average molecular weight is 530 g/mol. The first-order valence-electron chi connectivity index (χ1n) is 11.8. The number of ketones is 1. The number of alkyl halides is 5. The Bertz CT molecular complexity index is 1090. The van der Waals surface area contributed by atoms with Crippen molar-refractivity contribution in [3.63, 3.8) is 0 Å². The average Bonchev–Trinajstić information content (AvgIpc) is 2.75. The van der Waals surface area contributed by atoms with E-state index < -0.39 is 24.1 Å². The smallest absolute Gasteiger partial charge is 0.490 e. The van der Waals surface area contributed by atoms with Crippen molar-refractivity contribution in [2.24, 2.45) is 5.92 Å². The fraction of sp³-hybridized carbons (Fsp3) is 0.462. The van der Waals surface area contributed by atoms with Gasteiger partial charge < -0.3 is 19.5 Å². The Labute approximate surface area is 211 Å². The van der Waals surface area contributed by atoms with E-state index in [0.29, 0.717) is 31.7 Å². The van der Waals surface area contributed by atoms with Gasteiger partial charge in [0.15, 0.2) is 5.75 Å². The maximum absolute atomic E-state index is 13.1. The summed E-state index contributed by atoms with van der Waals surface area (Å²) in [5.74, 6) is -0.684. The molecule has 37 heavy (non-hydrogen) atoms. The minimum absolute atomic E-state index is 0.00452. The van der Waals surface area contributed by atoms with Crippen LogP contribution in [0.3, 0.4) is 0 Å². The lowest BCUT2D eigenvalue weighted by Gasteiger charge is -2.29. The van der Waals surface area contributed by atoms with Crippen LogP contribution in [0.25, 0.3) is 0 Å². The predicted molar refractivity (Wildman–Crippen MR) is 125 cm³/mol. The summed E-state index contributed by atoms with van der Waals surface area (Å²) in [5, 5.41) is 2.31. The Hall–Kier alpha value is -3.37. The van der Waals surface area contributed by atoms with Crippen LogP contribution in [0.4, 0.5) is 27.6 Å². The van der Waals surface area contributed by atoms with Gasteiger partial charge in [-0.2, -0.15) is 8.78 Å². The quantitative estimate of drug-likeness (QED) is 0.348. The highest BCUT2D eigenvalue weighted by atomic mass is 19.4. The Balaban J connectivity index is 1.51. The van der Waals surface area contributed by atoms with Gasteiger partial charge in [0.25, 0.3) is 0 Å². The topological polar surface area (TPSA) is 73.9 Å². The molecule has 0 spiro atoms. The molecule has 0 heterocycles. The minimum Gasteiger partial charge on any atom is -0.490 e. The van der Waals surface area contributed by atoms with Crippen LogP contribution in [0.1, 0.15) is 51.5 Å². The van der Waals surface area contributed by atoms with Gasteiger partial charge in [0.1, 0.15) is 17.3 Å². The number of benzene rings is 2. The molecule has 1 N–H and O–H groups in total. The highest BCUT2D eigenvalue weighted by Crippen LogP contribution is 2.36. The van der Waals surface area contributed by atoms with Crippen molar-refractivity contribution >= 4 is 17.4 Å². The van der Waals surface area contributed by atoms with E-state index in [1.807, 2.05) is 0 Å². The molecule has 3 rings (SSSR count). The molecule has 6 nitrogen and oxygen atoms in total. The maximum atomic E-state index is 13.1. The molecule has 202 valence electrons. The molecule has 0 unspecified atom stereocenters. The molecule has 0 aliphatic heterocycles. The predicted octanol–water partition coefficient (Wildman–Crippen LogP) is 6.67. The van der Waals surface area contributed by atoms with Gasteiger partial charge in [-0.3, -0.25) is 9.59 Å². The Morgan fingerprint density at radius 1 is 0.946 bits per heavy atom. The number of carbonyl (C=O) groups excluding carboxylic acids is 2. The van der Waals surface area contributed by atoms with Gasteiger partial charge in [0.2, 0.25) is 5.91 Å². The minimum atomic E-state index is -4.91. The first-order valence-corrected chi connectivity index (χ1v) is 11.8. The summed E-state index contributed by atoms with van der Waals surface area (Å²) in [6, 6.07) is 9.79. The third kappa shape index (κ3) is 9.89. The summed E-state index contributed by atoms with van der Waals surface area (Å²) < 4.78 is 78.5. The van der Waals surface area contributed by atoms with E-state index in [0.717, 1.165) is 18.9 Å². The van der Waals surface area contributed by atoms with E-state index in [1.54, 1.807) is 12.1 Å². The summed E-state index contributed by atoms with van der Waals surface area (Å²) in [6.45, 7) is 1.81. The van der Waals surface area contributed by atoms with E-state index in [9.17, 15) is 31.5 Å². The number of hydrogen-bond acceptors (Lipinski definition) is 5. The standard InChI is InChI=1S/C26H28F5NO5/c1-16(33)32-23-15-21(10-11-24(23)37-26(29,30)31)35-20-8-6-17(7-9-20)12-19(34)13-18-4-3-5-22(14-18)36-25(2,27)28/h3-5,10-11,14-15,17,20H,6-9,12-13H2,1-2H3,(H,32,33). The summed E-state index contributed by atoms with van der Waals surface area (Å²) in [7, 11) is 0. The normalized spacial score (nSPS) is 18.1. The maximum Gasteiger partial charge on any atom is 0.573 e. The second-order valence-electron chi connectivity index (χ2n) is 9.12. The van der Waals surface area contributed by atoms with Crippen molar-refractivity contribution in [1.82, 2.24) is 0 Å². The third-order valence-electron chi connectivity index (χ3n) is 5.70. The molecular weight excluding hydrogens is 501 g/mol. The van der Waals surface area contributed by atoms with Crippen LogP contribution in [0.5, 0.6) is 17.2 Å². The Morgan fingerprint density at radius 2 is 1.65 bits per heavy atom. The van der Waals surface area contributed by atoms with Crippen molar-refractivity contribution in [3.05, 3.63) is 48.0 Å².